The Bertz CT molecular complexity index is 850. The van der Waals surface area contributed by atoms with Crippen molar-refractivity contribution in [3.05, 3.63) is 47.8 Å². The Kier molecular flexibility index (Phi) is 5.93. The number of rotatable bonds is 7. The monoisotopic (exact) mass is 368 g/mol. The highest BCUT2D eigenvalue weighted by Crippen LogP contribution is 2.28. The molecule has 0 spiro atoms. The van der Waals surface area contributed by atoms with E-state index in [1.807, 2.05) is 13.0 Å². The summed E-state index contributed by atoms with van der Waals surface area (Å²) < 4.78 is 0. The average molecular weight is 369 g/mol. The van der Waals surface area contributed by atoms with Gasteiger partial charge in [-0.3, -0.25) is 9.78 Å². The first-order valence-electron chi connectivity index (χ1n) is 9.04. The lowest BCUT2D eigenvalue weighted by Gasteiger charge is -2.18. The summed E-state index contributed by atoms with van der Waals surface area (Å²) in [5.74, 6) is 0.0201. The minimum absolute atomic E-state index is 0.0201. The molecule has 0 saturated carbocycles. The molecule has 26 heavy (non-hydrogen) atoms. The number of fused-ring (bicyclic) bond motifs is 1. The van der Waals surface area contributed by atoms with Crippen LogP contribution in [0, 0.1) is 0 Å². The van der Waals surface area contributed by atoms with E-state index < -0.39 is 0 Å². The number of aromatic amines is 1. The van der Waals surface area contributed by atoms with Crippen LogP contribution in [0.2, 0.25) is 0 Å². The van der Waals surface area contributed by atoms with Crippen molar-refractivity contribution >= 4 is 34.4 Å². The average Bonchev–Trinajstić information content (AvgIpc) is 3.08. The Labute approximate surface area is 158 Å². The number of aryl methyl sites for hydroxylation is 2. The van der Waals surface area contributed by atoms with Crippen LogP contribution in [0.25, 0.3) is 11.0 Å². The largest absolute Gasteiger partial charge is 0.332 e. The van der Waals surface area contributed by atoms with E-state index in [9.17, 15) is 4.79 Å². The first-order valence-corrected chi connectivity index (χ1v) is 9.92. The second-order valence-electron chi connectivity index (χ2n) is 6.10. The molecular formula is C20H24N4OS. The molecule has 0 radical (unpaired) electrons. The van der Waals surface area contributed by atoms with E-state index in [0.29, 0.717) is 0 Å². The molecule has 3 rings (SSSR count). The number of hydrogen-bond donors (Lipinski definition) is 2. The van der Waals surface area contributed by atoms with Crippen molar-refractivity contribution in [2.75, 3.05) is 5.32 Å². The van der Waals surface area contributed by atoms with Crippen LogP contribution in [0.4, 0.5) is 5.69 Å². The number of nitrogens with zero attached hydrogens (tertiary/aromatic N) is 2. The van der Waals surface area contributed by atoms with Crippen LogP contribution in [-0.2, 0) is 17.6 Å². The van der Waals surface area contributed by atoms with Gasteiger partial charge in [0.15, 0.2) is 5.16 Å². The Morgan fingerprint density at radius 3 is 2.54 bits per heavy atom. The number of thioether (sulfide) groups is 1. The van der Waals surface area contributed by atoms with Crippen molar-refractivity contribution in [2.45, 2.75) is 50.4 Å². The van der Waals surface area contributed by atoms with Crippen LogP contribution in [0.5, 0.6) is 0 Å². The number of hydrogen-bond acceptors (Lipinski definition) is 4. The first-order chi connectivity index (χ1) is 12.7. The molecule has 2 N–H and O–H groups in total. The number of benzene rings is 1. The van der Waals surface area contributed by atoms with E-state index in [1.165, 1.54) is 22.9 Å². The minimum atomic E-state index is -0.210. The summed E-state index contributed by atoms with van der Waals surface area (Å²) in [6.45, 7) is 6.24. The normalized spacial score (nSPS) is 12.3. The van der Waals surface area contributed by atoms with Gasteiger partial charge in [-0.25, -0.2) is 4.98 Å². The molecule has 0 bridgehead atoms. The third kappa shape index (κ3) is 3.90. The highest BCUT2D eigenvalue weighted by molar-refractivity contribution is 8.00. The molecule has 2 heterocycles. The molecule has 136 valence electrons. The molecule has 2 aromatic heterocycles. The highest BCUT2D eigenvalue weighted by Gasteiger charge is 2.21. The van der Waals surface area contributed by atoms with Crippen molar-refractivity contribution in [3.63, 3.8) is 0 Å². The molecule has 0 unspecified atom stereocenters. The Balaban J connectivity index is 1.79. The maximum atomic E-state index is 12.9. The van der Waals surface area contributed by atoms with Crippen LogP contribution in [-0.4, -0.2) is 26.1 Å². The molecule has 0 fully saturated rings. The Morgan fingerprint density at radius 1 is 1.19 bits per heavy atom. The minimum Gasteiger partial charge on any atom is -0.332 e. The fourth-order valence-electron chi connectivity index (χ4n) is 2.95. The van der Waals surface area contributed by atoms with E-state index in [4.69, 9.17) is 0 Å². The SMILES string of the molecule is CCc1cccc(CC)c1NC(=O)[C@@H](CC)Sc1nc2ccncc2[nH]1. The smallest absolute Gasteiger partial charge is 0.237 e. The van der Waals surface area contributed by atoms with Gasteiger partial charge in [0.1, 0.15) is 0 Å². The fourth-order valence-corrected chi connectivity index (χ4v) is 3.88. The third-order valence-electron chi connectivity index (χ3n) is 4.43. The summed E-state index contributed by atoms with van der Waals surface area (Å²) in [6.07, 6.45) is 5.98. The molecule has 0 aliphatic carbocycles. The zero-order chi connectivity index (χ0) is 18.5. The predicted octanol–water partition coefficient (Wildman–Crippen LogP) is 4.59. The number of carbonyl (C=O) groups excluding carboxylic acids is 1. The van der Waals surface area contributed by atoms with Crippen LogP contribution >= 0.6 is 11.8 Å². The maximum absolute atomic E-state index is 12.9. The van der Waals surface area contributed by atoms with E-state index in [2.05, 4.69) is 52.3 Å². The quantitative estimate of drug-likeness (QED) is 0.598. The van der Waals surface area contributed by atoms with Gasteiger partial charge in [0.25, 0.3) is 0 Å². The van der Waals surface area contributed by atoms with Crippen LogP contribution < -0.4 is 5.32 Å². The zero-order valence-corrected chi connectivity index (χ0v) is 16.2. The van der Waals surface area contributed by atoms with Crippen molar-refractivity contribution in [1.29, 1.82) is 0 Å². The Morgan fingerprint density at radius 2 is 1.92 bits per heavy atom. The number of imidazole rings is 1. The number of H-pyrrole nitrogens is 1. The van der Waals surface area contributed by atoms with Crippen molar-refractivity contribution in [3.8, 4) is 0 Å². The summed E-state index contributed by atoms with van der Waals surface area (Å²) in [5, 5.41) is 3.71. The zero-order valence-electron chi connectivity index (χ0n) is 15.4. The number of para-hydroxylation sites is 1. The Hall–Kier alpha value is -2.34. The fraction of sp³-hybridized carbons (Fsp3) is 0.350. The lowest BCUT2D eigenvalue weighted by Crippen LogP contribution is -2.26. The van der Waals surface area contributed by atoms with Gasteiger partial charge in [0.2, 0.25) is 5.91 Å². The summed E-state index contributed by atoms with van der Waals surface area (Å²) >= 11 is 1.46. The standard InChI is InChI=1S/C20H24N4OS/c1-4-13-8-7-9-14(5-2)18(13)24-19(25)17(6-3)26-20-22-15-10-11-21-12-16(15)23-20/h7-12,17H,4-6H2,1-3H3,(H,22,23)(H,24,25)/t17-/m1/s1. The number of amides is 1. The lowest BCUT2D eigenvalue weighted by molar-refractivity contribution is -0.115. The third-order valence-corrected chi connectivity index (χ3v) is 5.67. The molecule has 6 heteroatoms. The van der Waals surface area contributed by atoms with E-state index in [-0.39, 0.29) is 11.2 Å². The highest BCUT2D eigenvalue weighted by atomic mass is 32.2. The van der Waals surface area contributed by atoms with Gasteiger partial charge in [0, 0.05) is 11.9 Å². The van der Waals surface area contributed by atoms with Crippen molar-refractivity contribution in [2.24, 2.45) is 0 Å². The molecule has 1 atom stereocenters. The summed E-state index contributed by atoms with van der Waals surface area (Å²) in [4.78, 5) is 24.8. The number of carbonyl (C=O) groups is 1. The van der Waals surface area contributed by atoms with E-state index in [0.717, 1.165) is 41.1 Å². The molecular weight excluding hydrogens is 344 g/mol. The van der Waals surface area contributed by atoms with Crippen LogP contribution in [0.15, 0.2) is 41.8 Å². The van der Waals surface area contributed by atoms with Gasteiger partial charge in [-0.15, -0.1) is 0 Å². The van der Waals surface area contributed by atoms with Crippen LogP contribution in [0.1, 0.15) is 38.3 Å². The van der Waals surface area contributed by atoms with Gasteiger partial charge < -0.3 is 10.3 Å². The van der Waals surface area contributed by atoms with Gasteiger partial charge in [0.05, 0.1) is 22.5 Å². The molecule has 0 aliphatic heterocycles. The van der Waals surface area contributed by atoms with E-state index in [1.54, 1.807) is 12.4 Å². The van der Waals surface area contributed by atoms with Crippen molar-refractivity contribution < 1.29 is 4.79 Å². The van der Waals surface area contributed by atoms with Gasteiger partial charge in [-0.1, -0.05) is 50.7 Å². The van der Waals surface area contributed by atoms with Gasteiger partial charge >= 0.3 is 0 Å². The molecule has 1 amide bonds. The lowest BCUT2D eigenvalue weighted by atomic mass is 10.0. The number of aromatic nitrogens is 3. The maximum Gasteiger partial charge on any atom is 0.237 e. The second-order valence-corrected chi connectivity index (χ2v) is 7.29. The molecule has 5 nitrogen and oxygen atoms in total. The predicted molar refractivity (Wildman–Crippen MR) is 108 cm³/mol. The van der Waals surface area contributed by atoms with E-state index >= 15 is 0 Å². The molecule has 0 saturated heterocycles. The number of anilines is 1. The summed E-state index contributed by atoms with van der Waals surface area (Å²) in [5.41, 5.74) is 5.06. The summed E-state index contributed by atoms with van der Waals surface area (Å²) in [6, 6.07) is 8.08. The van der Waals surface area contributed by atoms with Crippen molar-refractivity contribution in [1.82, 2.24) is 15.0 Å². The number of nitrogens with one attached hydrogen (secondary N) is 2. The molecule has 3 aromatic rings. The summed E-state index contributed by atoms with van der Waals surface area (Å²) in [7, 11) is 0. The van der Waals surface area contributed by atoms with Gasteiger partial charge in [-0.2, -0.15) is 0 Å². The van der Waals surface area contributed by atoms with Crippen LogP contribution in [0.3, 0.4) is 0 Å². The van der Waals surface area contributed by atoms with Gasteiger partial charge in [-0.05, 0) is 36.5 Å². The number of pyridine rings is 1. The second kappa shape index (κ2) is 8.36. The molecule has 0 aliphatic rings. The molecule has 1 aromatic carbocycles. The topological polar surface area (TPSA) is 70.7 Å². The first kappa shape index (κ1) is 18.5.